The molecule has 0 aliphatic carbocycles. The number of hydrogen-bond acceptors (Lipinski definition) is 4. The molecule has 5 nitrogen and oxygen atoms in total. The first-order valence-corrected chi connectivity index (χ1v) is 9.62. The molecule has 0 radical (unpaired) electrons. The molecule has 0 saturated carbocycles. The molecule has 0 saturated heterocycles. The van der Waals surface area contributed by atoms with Crippen LogP contribution in [0.15, 0.2) is 47.4 Å². The van der Waals surface area contributed by atoms with E-state index in [9.17, 15) is 21.6 Å². The molecular formula is C17H18ClF3N2O3S. The summed E-state index contributed by atoms with van der Waals surface area (Å²) in [7, 11) is -0.314. The predicted octanol–water partition coefficient (Wildman–Crippen LogP) is 4.10. The van der Waals surface area contributed by atoms with E-state index in [1.54, 1.807) is 0 Å². The SMILES string of the molecule is CN(C)CCOc1cc(NS(=O)(=O)c2ccc(C(F)(F)F)cc2)ccc1Cl. The molecule has 0 heterocycles. The summed E-state index contributed by atoms with van der Waals surface area (Å²) in [5.41, 5.74) is -0.747. The van der Waals surface area contributed by atoms with E-state index in [1.165, 1.54) is 18.2 Å². The molecule has 27 heavy (non-hydrogen) atoms. The fourth-order valence-corrected chi connectivity index (χ4v) is 3.27. The molecule has 2 aromatic carbocycles. The molecule has 2 aromatic rings. The highest BCUT2D eigenvalue weighted by atomic mass is 35.5. The highest BCUT2D eigenvalue weighted by Gasteiger charge is 2.30. The lowest BCUT2D eigenvalue weighted by atomic mass is 10.2. The molecule has 148 valence electrons. The zero-order valence-electron chi connectivity index (χ0n) is 14.5. The number of nitrogens with one attached hydrogen (secondary N) is 1. The van der Waals surface area contributed by atoms with Gasteiger partial charge in [-0.05, 0) is 50.5 Å². The average Bonchev–Trinajstić information content (AvgIpc) is 2.56. The maximum Gasteiger partial charge on any atom is 0.416 e. The van der Waals surface area contributed by atoms with Gasteiger partial charge in [-0.1, -0.05) is 11.6 Å². The van der Waals surface area contributed by atoms with Crippen molar-refractivity contribution in [3.8, 4) is 5.75 Å². The number of anilines is 1. The summed E-state index contributed by atoms with van der Waals surface area (Å²) in [6.45, 7) is 0.986. The number of hydrogen-bond donors (Lipinski definition) is 1. The van der Waals surface area contributed by atoms with E-state index in [0.717, 1.165) is 12.1 Å². The van der Waals surface area contributed by atoms with Gasteiger partial charge < -0.3 is 9.64 Å². The van der Waals surface area contributed by atoms with Gasteiger partial charge >= 0.3 is 6.18 Å². The van der Waals surface area contributed by atoms with Gasteiger partial charge in [0.2, 0.25) is 0 Å². The number of nitrogens with zero attached hydrogens (tertiary/aromatic N) is 1. The summed E-state index contributed by atoms with van der Waals surface area (Å²) >= 11 is 6.04. The Morgan fingerprint density at radius 1 is 1.11 bits per heavy atom. The number of ether oxygens (including phenoxy) is 1. The van der Waals surface area contributed by atoms with E-state index in [0.29, 0.717) is 36.1 Å². The third-order valence-electron chi connectivity index (χ3n) is 3.47. The van der Waals surface area contributed by atoms with Gasteiger partial charge in [0, 0.05) is 12.6 Å². The standard InChI is InChI=1S/C17H18ClF3N2O3S/c1-23(2)9-10-26-16-11-13(5-8-15(16)18)22-27(24,25)14-6-3-12(4-7-14)17(19,20)21/h3-8,11,22H,9-10H2,1-2H3. The van der Waals surface area contributed by atoms with Crippen molar-refractivity contribution in [2.75, 3.05) is 32.0 Å². The normalized spacial score (nSPS) is 12.3. The van der Waals surface area contributed by atoms with E-state index in [2.05, 4.69) is 4.72 Å². The molecule has 0 aromatic heterocycles. The quantitative estimate of drug-likeness (QED) is 0.729. The Labute approximate surface area is 160 Å². The van der Waals surface area contributed by atoms with Crippen molar-refractivity contribution in [2.45, 2.75) is 11.1 Å². The lowest BCUT2D eigenvalue weighted by molar-refractivity contribution is -0.137. The first-order chi connectivity index (χ1) is 12.5. The second-order valence-electron chi connectivity index (χ2n) is 5.92. The minimum absolute atomic E-state index is 0.180. The number of likely N-dealkylation sites (N-methyl/N-ethyl adjacent to an activating group) is 1. The second kappa shape index (κ2) is 8.37. The molecule has 0 fully saturated rings. The van der Waals surface area contributed by atoms with Gasteiger partial charge in [-0.2, -0.15) is 13.2 Å². The predicted molar refractivity (Wildman–Crippen MR) is 97.8 cm³/mol. The van der Waals surface area contributed by atoms with E-state index in [4.69, 9.17) is 16.3 Å². The van der Waals surface area contributed by atoms with Gasteiger partial charge in [0.1, 0.15) is 12.4 Å². The summed E-state index contributed by atoms with van der Waals surface area (Å²) in [5.74, 6) is 0.297. The highest BCUT2D eigenvalue weighted by molar-refractivity contribution is 7.92. The Morgan fingerprint density at radius 3 is 2.30 bits per heavy atom. The van der Waals surface area contributed by atoms with Crippen LogP contribution in [-0.4, -0.2) is 40.6 Å². The molecule has 0 spiro atoms. The molecule has 0 unspecified atom stereocenters. The maximum absolute atomic E-state index is 12.6. The Hall–Kier alpha value is -1.97. The van der Waals surface area contributed by atoms with Crippen LogP contribution in [0.3, 0.4) is 0 Å². The Morgan fingerprint density at radius 2 is 1.74 bits per heavy atom. The van der Waals surface area contributed by atoms with Crippen molar-refractivity contribution >= 4 is 27.3 Å². The number of benzene rings is 2. The maximum atomic E-state index is 12.6. The van der Waals surface area contributed by atoms with Crippen LogP contribution in [0.1, 0.15) is 5.56 Å². The molecular weight excluding hydrogens is 405 g/mol. The van der Waals surface area contributed by atoms with Crippen molar-refractivity contribution in [2.24, 2.45) is 0 Å². The minimum atomic E-state index is -4.54. The topological polar surface area (TPSA) is 58.6 Å². The lowest BCUT2D eigenvalue weighted by Crippen LogP contribution is -2.19. The lowest BCUT2D eigenvalue weighted by Gasteiger charge is -2.14. The molecule has 1 N–H and O–H groups in total. The molecule has 0 atom stereocenters. The summed E-state index contributed by atoms with van der Waals surface area (Å²) < 4.78 is 70.4. The molecule has 0 aliphatic rings. The van der Waals surface area contributed by atoms with Crippen molar-refractivity contribution in [1.82, 2.24) is 4.90 Å². The van der Waals surface area contributed by atoms with Gasteiger partial charge in [0.15, 0.2) is 0 Å². The van der Waals surface area contributed by atoms with E-state index in [1.807, 2.05) is 19.0 Å². The average molecular weight is 423 g/mol. The molecule has 0 amide bonds. The van der Waals surface area contributed by atoms with Crippen LogP contribution in [0, 0.1) is 0 Å². The highest BCUT2D eigenvalue weighted by Crippen LogP contribution is 2.31. The van der Waals surface area contributed by atoms with Crippen LogP contribution in [-0.2, 0) is 16.2 Å². The van der Waals surface area contributed by atoms with Crippen LogP contribution in [0.2, 0.25) is 5.02 Å². The van der Waals surface area contributed by atoms with Crippen LogP contribution >= 0.6 is 11.6 Å². The van der Waals surface area contributed by atoms with Gasteiger partial charge in [-0.25, -0.2) is 8.42 Å². The van der Waals surface area contributed by atoms with Crippen LogP contribution in [0.4, 0.5) is 18.9 Å². The van der Waals surface area contributed by atoms with Crippen molar-refractivity contribution in [3.63, 3.8) is 0 Å². The number of alkyl halides is 3. The Bertz CT molecular complexity index is 885. The Kier molecular flexibility index (Phi) is 6.61. The van der Waals surface area contributed by atoms with E-state index < -0.39 is 21.8 Å². The van der Waals surface area contributed by atoms with Crippen molar-refractivity contribution < 1.29 is 26.3 Å². The summed E-state index contributed by atoms with van der Waals surface area (Å²) in [4.78, 5) is 1.62. The zero-order valence-corrected chi connectivity index (χ0v) is 16.1. The fraction of sp³-hybridized carbons (Fsp3) is 0.294. The fourth-order valence-electron chi connectivity index (χ4n) is 2.05. The van der Waals surface area contributed by atoms with Crippen molar-refractivity contribution in [1.29, 1.82) is 0 Å². The molecule has 2 rings (SSSR count). The number of sulfonamides is 1. The third kappa shape index (κ3) is 6.02. The number of halogens is 4. The third-order valence-corrected chi connectivity index (χ3v) is 5.18. The summed E-state index contributed by atoms with van der Waals surface area (Å²) in [5, 5.41) is 0.311. The zero-order chi connectivity index (χ0) is 20.2. The largest absolute Gasteiger partial charge is 0.491 e. The van der Waals surface area contributed by atoms with Gasteiger partial charge in [0.05, 0.1) is 21.2 Å². The number of rotatable bonds is 7. The minimum Gasteiger partial charge on any atom is -0.491 e. The van der Waals surface area contributed by atoms with Crippen molar-refractivity contribution in [3.05, 3.63) is 53.1 Å². The van der Waals surface area contributed by atoms with Gasteiger partial charge in [0.25, 0.3) is 10.0 Å². The second-order valence-corrected chi connectivity index (χ2v) is 8.01. The first kappa shape index (κ1) is 21.3. The molecule has 10 heteroatoms. The summed E-state index contributed by atoms with van der Waals surface area (Å²) in [6.07, 6.45) is -4.54. The monoisotopic (exact) mass is 422 g/mol. The Balaban J connectivity index is 2.17. The van der Waals surface area contributed by atoms with Gasteiger partial charge in [-0.3, -0.25) is 4.72 Å². The smallest absolute Gasteiger partial charge is 0.416 e. The molecule has 0 bridgehead atoms. The van der Waals surface area contributed by atoms with Crippen LogP contribution in [0.5, 0.6) is 5.75 Å². The first-order valence-electron chi connectivity index (χ1n) is 7.76. The van der Waals surface area contributed by atoms with E-state index >= 15 is 0 Å². The van der Waals surface area contributed by atoms with Crippen LogP contribution in [0.25, 0.3) is 0 Å². The molecule has 0 aliphatic heterocycles. The summed E-state index contributed by atoms with van der Waals surface area (Å²) in [6, 6.07) is 7.54. The van der Waals surface area contributed by atoms with Gasteiger partial charge in [-0.15, -0.1) is 0 Å². The van der Waals surface area contributed by atoms with E-state index in [-0.39, 0.29) is 10.6 Å². The van der Waals surface area contributed by atoms with Crippen LogP contribution < -0.4 is 9.46 Å².